The number of anilines is 1. The van der Waals surface area contributed by atoms with Crippen LogP contribution in [-0.2, 0) is 0 Å². The number of aryl methyl sites for hydroxylation is 1. The maximum absolute atomic E-state index is 6.09. The van der Waals surface area contributed by atoms with E-state index in [4.69, 9.17) is 10.7 Å². The van der Waals surface area contributed by atoms with Crippen molar-refractivity contribution in [3.63, 3.8) is 0 Å². The molecule has 0 bridgehead atoms. The number of nitrogens with two attached hydrogens (primary N) is 1. The summed E-state index contributed by atoms with van der Waals surface area (Å²) >= 11 is 0. The van der Waals surface area contributed by atoms with Gasteiger partial charge in [-0.2, -0.15) is 0 Å². The van der Waals surface area contributed by atoms with Crippen LogP contribution >= 0.6 is 0 Å². The van der Waals surface area contributed by atoms with Gasteiger partial charge in [0.15, 0.2) is 0 Å². The fraction of sp³-hybridized carbons (Fsp3) is 0.786. The molecule has 1 saturated carbocycles. The van der Waals surface area contributed by atoms with Crippen LogP contribution in [0.4, 0.5) is 5.95 Å². The Hall–Kier alpha value is -1.03. The highest BCUT2D eigenvalue weighted by Gasteiger charge is 2.25. The second-order valence-corrected chi connectivity index (χ2v) is 5.88. The molecule has 1 saturated heterocycles. The molecule has 0 amide bonds. The van der Waals surface area contributed by atoms with E-state index in [9.17, 15) is 0 Å². The summed E-state index contributed by atoms with van der Waals surface area (Å²) in [4.78, 5) is 7.14. The molecule has 0 radical (unpaired) electrons. The standard InChI is InChI=1S/C14H24N4/c1-11-9-18(13-6-2-3-7-13)14(16-11)17-8-4-5-12(15)10-17/h9,12-13H,2-8,10,15H2,1H3. The van der Waals surface area contributed by atoms with Crippen molar-refractivity contribution in [2.45, 2.75) is 57.5 Å². The summed E-state index contributed by atoms with van der Waals surface area (Å²) in [6, 6.07) is 0.979. The van der Waals surface area contributed by atoms with Gasteiger partial charge in [0.2, 0.25) is 5.95 Å². The molecule has 4 heteroatoms. The molecular weight excluding hydrogens is 224 g/mol. The third-order valence-corrected chi connectivity index (χ3v) is 4.29. The Morgan fingerprint density at radius 1 is 1.22 bits per heavy atom. The molecule has 2 aliphatic rings. The van der Waals surface area contributed by atoms with E-state index in [0.29, 0.717) is 12.1 Å². The molecule has 2 N–H and O–H groups in total. The average Bonchev–Trinajstić information content (AvgIpc) is 2.97. The van der Waals surface area contributed by atoms with Crippen LogP contribution in [0.3, 0.4) is 0 Å². The first-order valence-electron chi connectivity index (χ1n) is 7.30. The molecule has 2 heterocycles. The van der Waals surface area contributed by atoms with Crippen molar-refractivity contribution in [1.82, 2.24) is 9.55 Å². The number of piperidine rings is 1. The van der Waals surface area contributed by atoms with Crippen LogP contribution in [0.1, 0.15) is 50.3 Å². The minimum atomic E-state index is 0.313. The third kappa shape index (κ3) is 2.26. The molecule has 1 aliphatic heterocycles. The summed E-state index contributed by atoms with van der Waals surface area (Å²) < 4.78 is 2.42. The van der Waals surface area contributed by atoms with Crippen molar-refractivity contribution >= 4 is 5.95 Å². The van der Waals surface area contributed by atoms with Gasteiger partial charge in [0.25, 0.3) is 0 Å². The maximum atomic E-state index is 6.09. The Bertz CT molecular complexity index is 406. The van der Waals surface area contributed by atoms with Gasteiger partial charge < -0.3 is 15.2 Å². The highest BCUT2D eigenvalue weighted by molar-refractivity contribution is 5.35. The summed E-state index contributed by atoms with van der Waals surface area (Å²) in [6.45, 7) is 4.17. The van der Waals surface area contributed by atoms with E-state index in [-0.39, 0.29) is 0 Å². The SMILES string of the molecule is Cc1cn(C2CCCC2)c(N2CCCC(N)C2)n1. The fourth-order valence-electron chi connectivity index (χ4n) is 3.38. The molecule has 3 rings (SSSR count). The monoisotopic (exact) mass is 248 g/mol. The van der Waals surface area contributed by atoms with Gasteiger partial charge in [-0.15, -0.1) is 0 Å². The molecule has 100 valence electrons. The van der Waals surface area contributed by atoms with Gasteiger partial charge in [0.1, 0.15) is 0 Å². The van der Waals surface area contributed by atoms with E-state index in [0.717, 1.165) is 31.2 Å². The van der Waals surface area contributed by atoms with Crippen LogP contribution in [0.25, 0.3) is 0 Å². The van der Waals surface area contributed by atoms with Crippen LogP contribution in [0.2, 0.25) is 0 Å². The van der Waals surface area contributed by atoms with Gasteiger partial charge in [-0.3, -0.25) is 0 Å². The summed E-state index contributed by atoms with van der Waals surface area (Å²) in [5, 5.41) is 0. The van der Waals surface area contributed by atoms with Gasteiger partial charge in [-0.05, 0) is 32.6 Å². The Balaban J connectivity index is 1.85. The van der Waals surface area contributed by atoms with Crippen molar-refractivity contribution in [3.05, 3.63) is 11.9 Å². The molecule has 1 aliphatic carbocycles. The molecule has 1 aromatic rings. The van der Waals surface area contributed by atoms with Crippen molar-refractivity contribution in [2.75, 3.05) is 18.0 Å². The first kappa shape index (κ1) is 12.0. The lowest BCUT2D eigenvalue weighted by atomic mass is 10.1. The molecule has 4 nitrogen and oxygen atoms in total. The normalized spacial score (nSPS) is 25.9. The van der Waals surface area contributed by atoms with E-state index in [2.05, 4.69) is 22.6 Å². The van der Waals surface area contributed by atoms with Gasteiger partial charge >= 0.3 is 0 Å². The molecule has 1 aromatic heterocycles. The second kappa shape index (κ2) is 4.92. The van der Waals surface area contributed by atoms with E-state index >= 15 is 0 Å². The minimum absolute atomic E-state index is 0.313. The number of hydrogen-bond donors (Lipinski definition) is 1. The molecule has 0 aromatic carbocycles. The van der Waals surface area contributed by atoms with Crippen molar-refractivity contribution in [3.8, 4) is 0 Å². The number of aromatic nitrogens is 2. The van der Waals surface area contributed by atoms with Crippen LogP contribution in [0.5, 0.6) is 0 Å². The number of rotatable bonds is 2. The summed E-state index contributed by atoms with van der Waals surface area (Å²) in [6.07, 6.45) is 9.91. The van der Waals surface area contributed by atoms with Crippen molar-refractivity contribution < 1.29 is 0 Å². The lowest BCUT2D eigenvalue weighted by Crippen LogP contribution is -2.44. The van der Waals surface area contributed by atoms with E-state index in [1.54, 1.807) is 0 Å². The molecule has 18 heavy (non-hydrogen) atoms. The first-order chi connectivity index (χ1) is 8.74. The summed E-state index contributed by atoms with van der Waals surface area (Å²) in [7, 11) is 0. The third-order valence-electron chi connectivity index (χ3n) is 4.29. The van der Waals surface area contributed by atoms with Crippen LogP contribution in [-0.4, -0.2) is 28.7 Å². The number of imidazole rings is 1. The quantitative estimate of drug-likeness (QED) is 0.873. The molecule has 2 fully saturated rings. The molecular formula is C14H24N4. The first-order valence-corrected chi connectivity index (χ1v) is 7.30. The minimum Gasteiger partial charge on any atom is -0.341 e. The van der Waals surface area contributed by atoms with Crippen molar-refractivity contribution in [1.29, 1.82) is 0 Å². The Morgan fingerprint density at radius 2 is 2.00 bits per heavy atom. The number of nitrogens with zero attached hydrogens (tertiary/aromatic N) is 3. The lowest BCUT2D eigenvalue weighted by molar-refractivity contribution is 0.469. The van der Waals surface area contributed by atoms with Gasteiger partial charge in [-0.25, -0.2) is 4.98 Å². The lowest BCUT2D eigenvalue weighted by Gasteiger charge is -2.32. The smallest absolute Gasteiger partial charge is 0.206 e. The zero-order chi connectivity index (χ0) is 12.5. The predicted molar refractivity (Wildman–Crippen MR) is 73.9 cm³/mol. The summed E-state index contributed by atoms with van der Waals surface area (Å²) in [5.74, 6) is 1.16. The van der Waals surface area contributed by atoms with E-state index in [1.807, 2.05) is 0 Å². The number of hydrogen-bond acceptors (Lipinski definition) is 3. The Morgan fingerprint density at radius 3 is 2.72 bits per heavy atom. The highest BCUT2D eigenvalue weighted by atomic mass is 15.3. The Kier molecular flexibility index (Phi) is 3.29. The zero-order valence-electron chi connectivity index (χ0n) is 11.3. The van der Waals surface area contributed by atoms with Crippen LogP contribution in [0.15, 0.2) is 6.20 Å². The average molecular weight is 248 g/mol. The molecule has 1 unspecified atom stereocenters. The van der Waals surface area contributed by atoms with Crippen LogP contribution in [0, 0.1) is 6.92 Å². The van der Waals surface area contributed by atoms with Gasteiger partial charge in [0, 0.05) is 31.4 Å². The fourth-order valence-corrected chi connectivity index (χ4v) is 3.38. The van der Waals surface area contributed by atoms with Crippen LogP contribution < -0.4 is 10.6 Å². The van der Waals surface area contributed by atoms with Crippen molar-refractivity contribution in [2.24, 2.45) is 5.73 Å². The highest BCUT2D eigenvalue weighted by Crippen LogP contribution is 2.33. The predicted octanol–water partition coefficient (Wildman–Crippen LogP) is 2.23. The van der Waals surface area contributed by atoms with E-state index < -0.39 is 0 Å². The zero-order valence-corrected chi connectivity index (χ0v) is 11.3. The second-order valence-electron chi connectivity index (χ2n) is 5.88. The van der Waals surface area contributed by atoms with Gasteiger partial charge in [0.05, 0.1) is 5.69 Å². The van der Waals surface area contributed by atoms with Gasteiger partial charge in [-0.1, -0.05) is 12.8 Å². The molecule has 0 spiro atoms. The largest absolute Gasteiger partial charge is 0.341 e. The molecule has 1 atom stereocenters. The van der Waals surface area contributed by atoms with E-state index in [1.165, 1.54) is 32.1 Å². The topological polar surface area (TPSA) is 47.1 Å². The summed E-state index contributed by atoms with van der Waals surface area (Å²) in [5.41, 5.74) is 7.23. The maximum Gasteiger partial charge on any atom is 0.206 e. The Labute approximate surface area is 109 Å².